The van der Waals surface area contributed by atoms with Crippen molar-refractivity contribution >= 4 is 0 Å². The van der Waals surface area contributed by atoms with Crippen LogP contribution in [0.15, 0.2) is 0 Å². The number of hydrogen-bond donors (Lipinski definition) is 1. The summed E-state index contributed by atoms with van der Waals surface area (Å²) < 4.78 is 5.83. The van der Waals surface area contributed by atoms with E-state index in [2.05, 4.69) is 42.9 Å². The second-order valence-electron chi connectivity index (χ2n) is 6.09. The van der Waals surface area contributed by atoms with Crippen LogP contribution < -0.4 is 5.32 Å². The van der Waals surface area contributed by atoms with Crippen molar-refractivity contribution in [3.63, 3.8) is 0 Å². The summed E-state index contributed by atoms with van der Waals surface area (Å²) in [4.78, 5) is 4.99. The molecule has 0 aromatic heterocycles. The maximum Gasteiger partial charge on any atom is 0.0714 e. The third kappa shape index (κ3) is 7.88. The van der Waals surface area contributed by atoms with Gasteiger partial charge in [-0.1, -0.05) is 20.8 Å². The van der Waals surface area contributed by atoms with Crippen LogP contribution >= 0.6 is 0 Å². The summed E-state index contributed by atoms with van der Waals surface area (Å²) in [5, 5.41) is 3.38. The Morgan fingerprint density at radius 1 is 1.42 bits per heavy atom. The Hall–Kier alpha value is -0.160. The zero-order valence-electron chi connectivity index (χ0n) is 13.3. The molecule has 0 aromatic carbocycles. The summed E-state index contributed by atoms with van der Waals surface area (Å²) in [6, 6.07) is 0. The number of ether oxygens (including phenoxy) is 1. The fourth-order valence-electron chi connectivity index (χ4n) is 2.62. The first-order chi connectivity index (χ1) is 9.11. The normalized spacial score (nSPS) is 21.5. The lowest BCUT2D eigenvalue weighted by atomic mass is 10.2. The van der Waals surface area contributed by atoms with Crippen molar-refractivity contribution in [2.24, 2.45) is 5.92 Å². The van der Waals surface area contributed by atoms with Crippen LogP contribution in [0.5, 0.6) is 0 Å². The molecule has 0 amide bonds. The summed E-state index contributed by atoms with van der Waals surface area (Å²) in [6.45, 7) is 15.4. The van der Waals surface area contributed by atoms with E-state index in [4.69, 9.17) is 4.74 Å². The van der Waals surface area contributed by atoms with Crippen molar-refractivity contribution in [2.75, 3.05) is 59.5 Å². The van der Waals surface area contributed by atoms with Gasteiger partial charge >= 0.3 is 0 Å². The fraction of sp³-hybridized carbons (Fsp3) is 1.00. The lowest BCUT2D eigenvalue weighted by molar-refractivity contribution is -0.0332. The minimum absolute atomic E-state index is 0.420. The summed E-state index contributed by atoms with van der Waals surface area (Å²) in [7, 11) is 2.23. The molecule has 0 spiro atoms. The fourth-order valence-corrected chi connectivity index (χ4v) is 2.62. The Morgan fingerprint density at radius 3 is 2.89 bits per heavy atom. The molecule has 0 unspecified atom stereocenters. The quantitative estimate of drug-likeness (QED) is 0.639. The van der Waals surface area contributed by atoms with Crippen LogP contribution in [0.25, 0.3) is 0 Å². The molecule has 19 heavy (non-hydrogen) atoms. The first-order valence-corrected chi connectivity index (χ1v) is 7.85. The second-order valence-corrected chi connectivity index (χ2v) is 6.09. The SMILES string of the molecule is CCNCC[C@H]1CN(CCN(C)CC(C)C)CCO1. The van der Waals surface area contributed by atoms with Crippen LogP contribution in [0.3, 0.4) is 0 Å². The molecule has 114 valence electrons. The Morgan fingerprint density at radius 2 is 2.21 bits per heavy atom. The largest absolute Gasteiger partial charge is 0.376 e. The minimum Gasteiger partial charge on any atom is -0.376 e. The number of likely N-dealkylation sites (N-methyl/N-ethyl adjacent to an activating group) is 1. The van der Waals surface area contributed by atoms with Gasteiger partial charge in [0.25, 0.3) is 0 Å². The van der Waals surface area contributed by atoms with Crippen molar-refractivity contribution in [2.45, 2.75) is 33.3 Å². The van der Waals surface area contributed by atoms with E-state index in [-0.39, 0.29) is 0 Å². The van der Waals surface area contributed by atoms with Gasteiger partial charge in [-0.2, -0.15) is 0 Å². The summed E-state index contributed by atoms with van der Waals surface area (Å²) in [6.07, 6.45) is 1.55. The van der Waals surface area contributed by atoms with Crippen LogP contribution in [-0.4, -0.2) is 75.4 Å². The molecule has 4 heteroatoms. The maximum atomic E-state index is 5.83. The van der Waals surface area contributed by atoms with Crippen molar-refractivity contribution in [1.29, 1.82) is 0 Å². The van der Waals surface area contributed by atoms with Gasteiger partial charge in [-0.25, -0.2) is 0 Å². The molecule has 1 saturated heterocycles. The zero-order valence-corrected chi connectivity index (χ0v) is 13.3. The van der Waals surface area contributed by atoms with Gasteiger partial charge in [-0.3, -0.25) is 4.90 Å². The smallest absolute Gasteiger partial charge is 0.0714 e. The van der Waals surface area contributed by atoms with E-state index < -0.39 is 0 Å². The van der Waals surface area contributed by atoms with E-state index in [9.17, 15) is 0 Å². The zero-order chi connectivity index (χ0) is 14.1. The Labute approximate surface area is 119 Å². The molecule has 1 N–H and O–H groups in total. The van der Waals surface area contributed by atoms with Gasteiger partial charge in [-0.15, -0.1) is 0 Å². The van der Waals surface area contributed by atoms with Crippen molar-refractivity contribution < 1.29 is 4.74 Å². The van der Waals surface area contributed by atoms with Gasteiger partial charge in [0.1, 0.15) is 0 Å². The number of nitrogens with zero attached hydrogens (tertiary/aromatic N) is 2. The Balaban J connectivity index is 2.15. The first-order valence-electron chi connectivity index (χ1n) is 7.85. The van der Waals surface area contributed by atoms with Gasteiger partial charge in [0.2, 0.25) is 0 Å². The van der Waals surface area contributed by atoms with E-state index in [0.29, 0.717) is 6.10 Å². The monoisotopic (exact) mass is 271 g/mol. The average Bonchev–Trinajstić information content (AvgIpc) is 2.36. The third-order valence-corrected chi connectivity index (χ3v) is 3.59. The minimum atomic E-state index is 0.420. The number of nitrogens with one attached hydrogen (secondary N) is 1. The lowest BCUT2D eigenvalue weighted by Gasteiger charge is -2.34. The van der Waals surface area contributed by atoms with Gasteiger partial charge in [0.05, 0.1) is 12.7 Å². The van der Waals surface area contributed by atoms with Crippen LogP contribution in [-0.2, 0) is 4.74 Å². The molecule has 1 heterocycles. The van der Waals surface area contributed by atoms with E-state index in [1.54, 1.807) is 0 Å². The molecule has 0 saturated carbocycles. The lowest BCUT2D eigenvalue weighted by Crippen LogP contribution is -2.46. The highest BCUT2D eigenvalue weighted by Gasteiger charge is 2.19. The molecule has 0 aliphatic carbocycles. The summed E-state index contributed by atoms with van der Waals surface area (Å²) in [5.41, 5.74) is 0. The summed E-state index contributed by atoms with van der Waals surface area (Å²) in [5.74, 6) is 0.752. The number of rotatable bonds is 9. The predicted octanol–water partition coefficient (Wildman–Crippen LogP) is 1.27. The van der Waals surface area contributed by atoms with E-state index in [1.165, 1.54) is 13.1 Å². The highest BCUT2D eigenvalue weighted by Crippen LogP contribution is 2.08. The van der Waals surface area contributed by atoms with Crippen LogP contribution in [0.1, 0.15) is 27.2 Å². The molecule has 1 atom stereocenters. The molecule has 4 nitrogen and oxygen atoms in total. The van der Waals surface area contributed by atoms with Crippen molar-refractivity contribution in [1.82, 2.24) is 15.1 Å². The average molecular weight is 271 g/mol. The van der Waals surface area contributed by atoms with E-state index in [0.717, 1.165) is 51.7 Å². The molecule has 1 fully saturated rings. The Bertz CT molecular complexity index is 223. The van der Waals surface area contributed by atoms with Crippen LogP contribution in [0.2, 0.25) is 0 Å². The number of morpholine rings is 1. The first kappa shape index (κ1) is 16.9. The van der Waals surface area contributed by atoms with Gasteiger partial charge in [0, 0.05) is 32.7 Å². The van der Waals surface area contributed by atoms with Crippen molar-refractivity contribution in [3.05, 3.63) is 0 Å². The second kappa shape index (κ2) is 9.70. The van der Waals surface area contributed by atoms with Crippen molar-refractivity contribution in [3.8, 4) is 0 Å². The van der Waals surface area contributed by atoms with Gasteiger partial charge in [0.15, 0.2) is 0 Å². The molecule has 0 aromatic rings. The highest BCUT2D eigenvalue weighted by molar-refractivity contribution is 4.73. The number of hydrogen-bond acceptors (Lipinski definition) is 4. The van der Waals surface area contributed by atoms with Crippen LogP contribution in [0, 0.1) is 5.92 Å². The van der Waals surface area contributed by atoms with Gasteiger partial charge in [-0.05, 0) is 32.5 Å². The maximum absolute atomic E-state index is 5.83. The van der Waals surface area contributed by atoms with E-state index >= 15 is 0 Å². The molecule has 0 radical (unpaired) electrons. The highest BCUT2D eigenvalue weighted by atomic mass is 16.5. The van der Waals surface area contributed by atoms with Gasteiger partial charge < -0.3 is 15.0 Å². The molecular weight excluding hydrogens is 238 g/mol. The molecule has 0 bridgehead atoms. The topological polar surface area (TPSA) is 27.7 Å². The van der Waals surface area contributed by atoms with Crippen LogP contribution in [0.4, 0.5) is 0 Å². The molecule has 1 rings (SSSR count). The third-order valence-electron chi connectivity index (χ3n) is 3.59. The van der Waals surface area contributed by atoms with E-state index in [1.807, 2.05) is 0 Å². The standard InChI is InChI=1S/C15H33N3O/c1-5-16-7-6-15-13-18(10-11-19-15)9-8-17(4)12-14(2)3/h14-16H,5-13H2,1-4H3/t15-/m0/s1. The summed E-state index contributed by atoms with van der Waals surface area (Å²) >= 11 is 0. The Kier molecular flexibility index (Phi) is 8.62. The molecule has 1 aliphatic rings. The predicted molar refractivity (Wildman–Crippen MR) is 81.7 cm³/mol. The molecular formula is C15H33N3O. The molecule has 1 aliphatic heterocycles.